The average Bonchev–Trinajstić information content (AvgIpc) is 2.99. The van der Waals surface area contributed by atoms with Crippen molar-refractivity contribution in [3.05, 3.63) is 54.1 Å². The molecule has 1 aromatic carbocycles. The Morgan fingerprint density at radius 2 is 1.88 bits per heavy atom. The first kappa shape index (κ1) is 17.7. The van der Waals surface area contributed by atoms with E-state index >= 15 is 0 Å². The summed E-state index contributed by atoms with van der Waals surface area (Å²) in [5.41, 5.74) is 1.34. The SMILES string of the molecule is CC(C)(C)C(=O)N(CC(=O)O)Cc1ccccc1Cn1ccnc1. The fourth-order valence-electron chi connectivity index (χ4n) is 2.49. The topological polar surface area (TPSA) is 75.4 Å². The molecule has 2 rings (SSSR count). The summed E-state index contributed by atoms with van der Waals surface area (Å²) in [5, 5.41) is 9.15. The van der Waals surface area contributed by atoms with Crippen molar-refractivity contribution in [2.75, 3.05) is 6.54 Å². The van der Waals surface area contributed by atoms with Crippen molar-refractivity contribution in [2.45, 2.75) is 33.9 Å². The number of amides is 1. The third-order valence-electron chi connectivity index (χ3n) is 3.65. The second-order valence-electron chi connectivity index (χ2n) is 6.81. The third kappa shape index (κ3) is 4.68. The van der Waals surface area contributed by atoms with Gasteiger partial charge in [-0.05, 0) is 11.1 Å². The van der Waals surface area contributed by atoms with Crippen molar-refractivity contribution in [2.24, 2.45) is 5.41 Å². The van der Waals surface area contributed by atoms with E-state index in [4.69, 9.17) is 5.11 Å². The minimum Gasteiger partial charge on any atom is -0.480 e. The van der Waals surface area contributed by atoms with Gasteiger partial charge in [0.25, 0.3) is 0 Å². The van der Waals surface area contributed by atoms with Crippen LogP contribution < -0.4 is 0 Å². The van der Waals surface area contributed by atoms with Gasteiger partial charge in [-0.25, -0.2) is 4.98 Å². The molecule has 0 saturated heterocycles. The van der Waals surface area contributed by atoms with E-state index in [-0.39, 0.29) is 19.0 Å². The van der Waals surface area contributed by atoms with Crippen LogP contribution in [0.5, 0.6) is 0 Å². The van der Waals surface area contributed by atoms with Crippen molar-refractivity contribution in [1.29, 1.82) is 0 Å². The number of hydrogen-bond acceptors (Lipinski definition) is 3. The zero-order valence-electron chi connectivity index (χ0n) is 14.3. The van der Waals surface area contributed by atoms with Crippen molar-refractivity contribution >= 4 is 11.9 Å². The standard InChI is InChI=1S/C18H23N3O3/c1-18(2,3)17(24)21(12-16(22)23)11-15-7-5-4-6-14(15)10-20-9-8-19-13-20/h4-9,13H,10-12H2,1-3H3,(H,22,23). The lowest BCUT2D eigenvalue weighted by Crippen LogP contribution is -2.42. The first-order valence-corrected chi connectivity index (χ1v) is 7.81. The number of carboxylic acid groups (broad SMARTS) is 1. The van der Waals surface area contributed by atoms with E-state index in [1.165, 1.54) is 4.90 Å². The summed E-state index contributed by atoms with van der Waals surface area (Å²) in [4.78, 5) is 29.2. The second-order valence-corrected chi connectivity index (χ2v) is 6.81. The minimum absolute atomic E-state index is 0.178. The Labute approximate surface area is 141 Å². The number of carboxylic acids is 1. The predicted octanol–water partition coefficient (Wildman–Crippen LogP) is 2.39. The molecule has 0 aliphatic rings. The molecule has 0 bridgehead atoms. The molecule has 0 saturated carbocycles. The van der Waals surface area contributed by atoms with E-state index in [0.29, 0.717) is 6.54 Å². The quantitative estimate of drug-likeness (QED) is 0.883. The number of hydrogen-bond donors (Lipinski definition) is 1. The molecule has 1 amide bonds. The van der Waals surface area contributed by atoms with Crippen LogP contribution in [0.1, 0.15) is 31.9 Å². The molecular formula is C18H23N3O3. The zero-order valence-corrected chi connectivity index (χ0v) is 14.3. The number of aromatic nitrogens is 2. The molecule has 0 unspecified atom stereocenters. The van der Waals surface area contributed by atoms with Crippen molar-refractivity contribution in [3.63, 3.8) is 0 Å². The number of rotatable bonds is 6. The van der Waals surface area contributed by atoms with Gasteiger partial charge >= 0.3 is 5.97 Å². The monoisotopic (exact) mass is 329 g/mol. The Kier molecular flexibility index (Phi) is 5.39. The van der Waals surface area contributed by atoms with Gasteiger partial charge in [0.05, 0.1) is 6.33 Å². The maximum atomic E-state index is 12.6. The van der Waals surface area contributed by atoms with Crippen molar-refractivity contribution in [1.82, 2.24) is 14.5 Å². The summed E-state index contributed by atoms with van der Waals surface area (Å²) in [6.07, 6.45) is 5.31. The number of carbonyl (C=O) groups excluding carboxylic acids is 1. The largest absolute Gasteiger partial charge is 0.480 e. The molecule has 6 nitrogen and oxygen atoms in total. The maximum Gasteiger partial charge on any atom is 0.323 e. The lowest BCUT2D eigenvalue weighted by atomic mass is 9.94. The Morgan fingerprint density at radius 1 is 1.21 bits per heavy atom. The number of nitrogens with zero attached hydrogens (tertiary/aromatic N) is 3. The second kappa shape index (κ2) is 7.29. The molecule has 0 radical (unpaired) electrons. The summed E-state index contributed by atoms with van der Waals surface area (Å²) < 4.78 is 1.94. The fraction of sp³-hybridized carbons (Fsp3) is 0.389. The van der Waals surface area contributed by atoms with Crippen LogP contribution in [0.2, 0.25) is 0 Å². The lowest BCUT2D eigenvalue weighted by Gasteiger charge is -2.29. The lowest BCUT2D eigenvalue weighted by molar-refractivity contribution is -0.148. The Bertz CT molecular complexity index is 703. The molecule has 1 heterocycles. The first-order chi connectivity index (χ1) is 11.3. The number of imidazole rings is 1. The average molecular weight is 329 g/mol. The molecule has 24 heavy (non-hydrogen) atoms. The first-order valence-electron chi connectivity index (χ1n) is 7.81. The predicted molar refractivity (Wildman–Crippen MR) is 90.3 cm³/mol. The van der Waals surface area contributed by atoms with E-state index < -0.39 is 11.4 Å². The van der Waals surface area contributed by atoms with E-state index in [2.05, 4.69) is 4.98 Å². The maximum absolute atomic E-state index is 12.6. The molecule has 0 fully saturated rings. The van der Waals surface area contributed by atoms with E-state index in [0.717, 1.165) is 11.1 Å². The third-order valence-corrected chi connectivity index (χ3v) is 3.65. The summed E-state index contributed by atoms with van der Waals surface area (Å²) in [5.74, 6) is -1.19. The molecule has 6 heteroatoms. The molecule has 2 aromatic rings. The van der Waals surface area contributed by atoms with Gasteiger partial charge in [-0.2, -0.15) is 0 Å². The molecule has 1 N–H and O–H groups in total. The molecular weight excluding hydrogens is 306 g/mol. The van der Waals surface area contributed by atoms with E-state index in [9.17, 15) is 9.59 Å². The highest BCUT2D eigenvalue weighted by Crippen LogP contribution is 2.21. The minimum atomic E-state index is -1.01. The van der Waals surface area contributed by atoms with Gasteiger partial charge in [-0.3, -0.25) is 9.59 Å². The van der Waals surface area contributed by atoms with E-state index in [1.54, 1.807) is 33.3 Å². The van der Waals surface area contributed by atoms with Crippen molar-refractivity contribution in [3.8, 4) is 0 Å². The van der Waals surface area contributed by atoms with Crippen LogP contribution in [0.15, 0.2) is 43.0 Å². The van der Waals surface area contributed by atoms with E-state index in [1.807, 2.05) is 35.0 Å². The van der Waals surface area contributed by atoms with Gasteiger partial charge in [0.2, 0.25) is 5.91 Å². The van der Waals surface area contributed by atoms with Crippen LogP contribution in [0.4, 0.5) is 0 Å². The molecule has 0 aliphatic carbocycles. The highest BCUT2D eigenvalue weighted by atomic mass is 16.4. The van der Waals surface area contributed by atoms with Gasteiger partial charge in [-0.1, -0.05) is 45.0 Å². The molecule has 1 aromatic heterocycles. The summed E-state index contributed by atoms with van der Waals surface area (Å²) >= 11 is 0. The highest BCUT2D eigenvalue weighted by Gasteiger charge is 2.29. The van der Waals surface area contributed by atoms with Crippen LogP contribution in [-0.2, 0) is 22.7 Å². The van der Waals surface area contributed by atoms with Crippen LogP contribution in [-0.4, -0.2) is 38.0 Å². The van der Waals surface area contributed by atoms with Crippen molar-refractivity contribution < 1.29 is 14.7 Å². The molecule has 0 spiro atoms. The number of carbonyl (C=O) groups is 2. The smallest absolute Gasteiger partial charge is 0.323 e. The molecule has 128 valence electrons. The Morgan fingerprint density at radius 3 is 2.42 bits per heavy atom. The van der Waals surface area contributed by atoms with Gasteiger partial charge < -0.3 is 14.6 Å². The molecule has 0 atom stereocenters. The van der Waals surface area contributed by atoms with Crippen LogP contribution in [0.25, 0.3) is 0 Å². The normalized spacial score (nSPS) is 11.3. The van der Waals surface area contributed by atoms with Gasteiger partial charge in [0.15, 0.2) is 0 Å². The summed E-state index contributed by atoms with van der Waals surface area (Å²) in [7, 11) is 0. The summed E-state index contributed by atoms with van der Waals surface area (Å²) in [6, 6.07) is 7.74. The van der Waals surface area contributed by atoms with Crippen LogP contribution in [0.3, 0.4) is 0 Å². The Hall–Kier alpha value is -2.63. The van der Waals surface area contributed by atoms with Gasteiger partial charge in [-0.15, -0.1) is 0 Å². The fourth-order valence-corrected chi connectivity index (χ4v) is 2.49. The van der Waals surface area contributed by atoms with Gasteiger partial charge in [0.1, 0.15) is 6.54 Å². The number of aliphatic carboxylic acids is 1. The van der Waals surface area contributed by atoms with Crippen LogP contribution in [0, 0.1) is 5.41 Å². The zero-order chi connectivity index (χ0) is 17.7. The summed E-state index contributed by atoms with van der Waals surface area (Å²) in [6.45, 7) is 5.97. The highest BCUT2D eigenvalue weighted by molar-refractivity contribution is 5.85. The number of benzene rings is 1. The molecule has 0 aliphatic heterocycles. The van der Waals surface area contributed by atoms with Crippen LogP contribution >= 0.6 is 0 Å². The Balaban J connectivity index is 2.25. The van der Waals surface area contributed by atoms with Gasteiger partial charge in [0, 0.05) is 30.9 Å².